The number of nitrogens with one attached hydrogen (secondary N) is 1. The third-order valence-electron chi connectivity index (χ3n) is 9.91. The topological polar surface area (TPSA) is 170 Å². The molecule has 11 heteroatoms. The number of hydrogen-bond acceptors (Lipinski definition) is 8. The Labute approximate surface area is 296 Å². The van der Waals surface area contributed by atoms with Crippen molar-refractivity contribution in [2.75, 3.05) is 13.2 Å². The van der Waals surface area contributed by atoms with Gasteiger partial charge in [0.1, 0.15) is 6.04 Å². The summed E-state index contributed by atoms with van der Waals surface area (Å²) in [5, 5.41) is 2.53. The number of ketones is 3. The molecule has 276 valence electrons. The van der Waals surface area contributed by atoms with E-state index in [9.17, 15) is 33.6 Å². The maximum Gasteiger partial charge on any atom is 0.306 e. The number of primary amides is 1. The quantitative estimate of drug-likeness (QED) is 0.150. The van der Waals surface area contributed by atoms with Gasteiger partial charge in [-0.25, -0.2) is 0 Å². The highest BCUT2D eigenvalue weighted by molar-refractivity contribution is 6.38. The number of rotatable bonds is 19. The van der Waals surface area contributed by atoms with Crippen LogP contribution in [0.2, 0.25) is 0 Å². The summed E-state index contributed by atoms with van der Waals surface area (Å²) < 4.78 is 5.47. The Bertz CT molecular complexity index is 1370. The fraction of sp³-hybridized carbons (Fsp3) is 0.667. The predicted molar refractivity (Wildman–Crippen MR) is 188 cm³/mol. The summed E-state index contributed by atoms with van der Waals surface area (Å²) in [4.78, 5) is 93.9. The van der Waals surface area contributed by atoms with E-state index in [1.807, 2.05) is 34.6 Å². The van der Waals surface area contributed by atoms with Gasteiger partial charge >= 0.3 is 5.97 Å². The molecule has 1 heterocycles. The number of carbonyl (C=O) groups is 7. The van der Waals surface area contributed by atoms with Crippen LogP contribution in [-0.2, 0) is 38.3 Å². The minimum atomic E-state index is -1.08. The molecule has 1 aliphatic carbocycles. The molecular weight excluding hydrogens is 638 g/mol. The van der Waals surface area contributed by atoms with E-state index in [2.05, 4.69) is 5.32 Å². The normalized spacial score (nSPS) is 19.3. The predicted octanol–water partition coefficient (Wildman–Crippen LogP) is 5.04. The van der Waals surface area contributed by atoms with Gasteiger partial charge in [-0.3, -0.25) is 33.6 Å². The summed E-state index contributed by atoms with van der Waals surface area (Å²) in [6, 6.07) is 6.61. The molecule has 0 spiro atoms. The third-order valence-corrected chi connectivity index (χ3v) is 9.91. The molecule has 1 aromatic carbocycles. The smallest absolute Gasteiger partial charge is 0.306 e. The second-order valence-electron chi connectivity index (χ2n) is 15.4. The highest BCUT2D eigenvalue weighted by Gasteiger charge is 2.47. The molecule has 3 amide bonds. The van der Waals surface area contributed by atoms with Crippen LogP contribution in [0.3, 0.4) is 0 Å². The van der Waals surface area contributed by atoms with Gasteiger partial charge in [0.2, 0.25) is 23.5 Å². The standard InChI is InChI=1S/C39H57N3O8/c1-6-13-28(36(47)31(43)18-19-33(45)41-35(37(40)48)27-16-11-8-12-17-27)20-32(44)30-22-39(4,5)24-42(30)38(49)29(26-14-9-7-10-15-26)21-34(46)50-23-25(2)3/h8,11-12,16-17,25-26,28-30,35H,6-7,9-10,13-15,18-24H2,1-5H3,(H2,40,48)(H,41,45)/t28?,29-,30-,35-/m0/s1. The van der Waals surface area contributed by atoms with Crippen molar-refractivity contribution < 1.29 is 38.3 Å². The zero-order chi connectivity index (χ0) is 37.0. The number of amides is 3. The van der Waals surface area contributed by atoms with E-state index >= 15 is 0 Å². The number of nitrogens with zero attached hydrogens (tertiary/aromatic N) is 1. The Hall–Kier alpha value is -3.89. The molecule has 1 unspecified atom stereocenters. The Morgan fingerprint density at radius 2 is 1.62 bits per heavy atom. The second kappa shape index (κ2) is 18.9. The van der Waals surface area contributed by atoms with Crippen molar-refractivity contribution >= 4 is 41.0 Å². The van der Waals surface area contributed by atoms with Gasteiger partial charge in [-0.2, -0.15) is 0 Å². The lowest BCUT2D eigenvalue weighted by atomic mass is 9.77. The lowest BCUT2D eigenvalue weighted by Crippen LogP contribution is -2.47. The molecule has 0 aromatic heterocycles. The summed E-state index contributed by atoms with van der Waals surface area (Å²) in [6.45, 7) is 10.4. The van der Waals surface area contributed by atoms with Gasteiger partial charge in [0.05, 0.1) is 25.0 Å². The molecule has 2 fully saturated rings. The van der Waals surface area contributed by atoms with Gasteiger partial charge in [-0.15, -0.1) is 0 Å². The van der Waals surface area contributed by atoms with Gasteiger partial charge < -0.3 is 20.7 Å². The van der Waals surface area contributed by atoms with E-state index in [1.54, 1.807) is 35.2 Å². The molecular formula is C39H57N3O8. The van der Waals surface area contributed by atoms with Crippen molar-refractivity contribution in [2.24, 2.45) is 34.8 Å². The Balaban J connectivity index is 1.70. The monoisotopic (exact) mass is 695 g/mol. The van der Waals surface area contributed by atoms with Gasteiger partial charge in [0.25, 0.3) is 0 Å². The van der Waals surface area contributed by atoms with Crippen molar-refractivity contribution in [1.29, 1.82) is 0 Å². The molecule has 3 N–H and O–H groups in total. The van der Waals surface area contributed by atoms with Crippen LogP contribution in [0.1, 0.15) is 123 Å². The van der Waals surface area contributed by atoms with Crippen LogP contribution >= 0.6 is 0 Å². The van der Waals surface area contributed by atoms with Gasteiger partial charge in [-0.1, -0.05) is 90.6 Å². The van der Waals surface area contributed by atoms with Crippen molar-refractivity contribution in [3.8, 4) is 0 Å². The third kappa shape index (κ3) is 11.9. The number of ether oxygens (including phenoxy) is 1. The van der Waals surface area contributed by atoms with Gasteiger partial charge in [-0.05, 0) is 48.5 Å². The molecule has 0 bridgehead atoms. The summed E-state index contributed by atoms with van der Waals surface area (Å²) in [5.41, 5.74) is 5.62. The van der Waals surface area contributed by atoms with Crippen LogP contribution < -0.4 is 11.1 Å². The Morgan fingerprint density at radius 3 is 2.22 bits per heavy atom. The van der Waals surface area contributed by atoms with E-state index < -0.39 is 53.3 Å². The first-order valence-corrected chi connectivity index (χ1v) is 18.3. The number of esters is 1. The van der Waals surface area contributed by atoms with E-state index in [0.29, 0.717) is 31.4 Å². The first-order chi connectivity index (χ1) is 23.6. The number of nitrogens with two attached hydrogens (primary N) is 1. The summed E-state index contributed by atoms with van der Waals surface area (Å²) >= 11 is 0. The molecule has 3 rings (SSSR count). The molecule has 50 heavy (non-hydrogen) atoms. The summed E-state index contributed by atoms with van der Waals surface area (Å²) in [5.74, 6) is -5.02. The van der Waals surface area contributed by atoms with Crippen LogP contribution in [0.25, 0.3) is 0 Å². The van der Waals surface area contributed by atoms with Gasteiger partial charge in [0.15, 0.2) is 11.6 Å². The minimum absolute atomic E-state index is 0.0255. The number of hydrogen-bond donors (Lipinski definition) is 2. The van der Waals surface area contributed by atoms with E-state index in [4.69, 9.17) is 10.5 Å². The molecule has 1 saturated heterocycles. The average molecular weight is 696 g/mol. The molecule has 0 radical (unpaired) electrons. The van der Waals surface area contributed by atoms with Crippen molar-refractivity contribution in [2.45, 2.75) is 124 Å². The van der Waals surface area contributed by atoms with E-state index in [1.165, 1.54) is 0 Å². The highest BCUT2D eigenvalue weighted by atomic mass is 16.5. The molecule has 2 aliphatic rings. The van der Waals surface area contributed by atoms with Crippen molar-refractivity contribution in [3.05, 3.63) is 35.9 Å². The lowest BCUT2D eigenvalue weighted by Gasteiger charge is -2.34. The number of Topliss-reactive ketones (excluding diaryl/α,β-unsaturated/α-hetero) is 3. The average Bonchev–Trinajstić information content (AvgIpc) is 3.42. The lowest BCUT2D eigenvalue weighted by molar-refractivity contribution is -0.152. The van der Waals surface area contributed by atoms with E-state index in [-0.39, 0.29) is 61.2 Å². The largest absolute Gasteiger partial charge is 0.465 e. The highest BCUT2D eigenvalue weighted by Crippen LogP contribution is 2.40. The first kappa shape index (κ1) is 40.5. The Morgan fingerprint density at radius 1 is 0.960 bits per heavy atom. The van der Waals surface area contributed by atoms with E-state index in [0.717, 1.165) is 32.1 Å². The van der Waals surface area contributed by atoms with Crippen LogP contribution in [0, 0.1) is 29.1 Å². The van der Waals surface area contributed by atoms with Crippen LogP contribution in [-0.4, -0.2) is 65.1 Å². The first-order valence-electron chi connectivity index (χ1n) is 18.3. The molecule has 1 aromatic rings. The second-order valence-corrected chi connectivity index (χ2v) is 15.4. The molecule has 1 aliphatic heterocycles. The van der Waals surface area contributed by atoms with Gasteiger partial charge in [0, 0.05) is 31.7 Å². The molecule has 4 atom stereocenters. The zero-order valence-electron chi connectivity index (χ0n) is 30.5. The van der Waals surface area contributed by atoms with Crippen LogP contribution in [0.4, 0.5) is 0 Å². The zero-order valence-corrected chi connectivity index (χ0v) is 30.5. The molecule has 11 nitrogen and oxygen atoms in total. The van der Waals surface area contributed by atoms with Crippen LogP contribution in [0.5, 0.6) is 0 Å². The summed E-state index contributed by atoms with van der Waals surface area (Å²) in [7, 11) is 0. The maximum absolute atomic E-state index is 14.3. The number of carbonyl (C=O) groups excluding carboxylic acids is 7. The van der Waals surface area contributed by atoms with Crippen LogP contribution in [0.15, 0.2) is 30.3 Å². The minimum Gasteiger partial charge on any atom is -0.465 e. The van der Waals surface area contributed by atoms with Crippen molar-refractivity contribution in [3.63, 3.8) is 0 Å². The fourth-order valence-electron chi connectivity index (χ4n) is 7.32. The maximum atomic E-state index is 14.3. The number of likely N-dealkylation sites (tertiary alicyclic amines) is 1. The van der Waals surface area contributed by atoms with Crippen molar-refractivity contribution in [1.82, 2.24) is 10.2 Å². The number of benzene rings is 1. The SMILES string of the molecule is CCCC(CC(=O)[C@@H]1CC(C)(C)CN1C(=O)[C@@H](CC(=O)OCC(C)C)C1CCCCC1)C(=O)C(=O)CCC(=O)N[C@H](C(N)=O)c1ccccc1. The Kier molecular flexibility index (Phi) is 15.3. The fourth-order valence-corrected chi connectivity index (χ4v) is 7.32. The summed E-state index contributed by atoms with van der Waals surface area (Å²) in [6.07, 6.45) is 5.07. The molecule has 1 saturated carbocycles.